The lowest BCUT2D eigenvalue weighted by molar-refractivity contribution is -0.0245. The van der Waals surface area contributed by atoms with E-state index in [0.29, 0.717) is 24.1 Å². The fourth-order valence-corrected chi connectivity index (χ4v) is 2.46. The van der Waals surface area contributed by atoms with E-state index in [0.717, 1.165) is 26.1 Å². The molecule has 18 heavy (non-hydrogen) atoms. The second kappa shape index (κ2) is 8.13. The summed E-state index contributed by atoms with van der Waals surface area (Å²) in [5.41, 5.74) is 0. The first-order valence-corrected chi connectivity index (χ1v) is 7.59. The first-order chi connectivity index (χ1) is 8.54. The van der Waals surface area contributed by atoms with Crippen LogP contribution in [0.25, 0.3) is 0 Å². The van der Waals surface area contributed by atoms with E-state index >= 15 is 0 Å². The van der Waals surface area contributed by atoms with Crippen molar-refractivity contribution in [1.82, 2.24) is 10.2 Å². The number of rotatable bonds is 7. The summed E-state index contributed by atoms with van der Waals surface area (Å²) in [6, 6.07) is 1.33. The van der Waals surface area contributed by atoms with E-state index in [9.17, 15) is 0 Å². The van der Waals surface area contributed by atoms with Crippen LogP contribution in [0.2, 0.25) is 0 Å². The van der Waals surface area contributed by atoms with Gasteiger partial charge in [-0.2, -0.15) is 0 Å². The Morgan fingerprint density at radius 2 is 2.06 bits per heavy atom. The molecule has 1 heterocycles. The van der Waals surface area contributed by atoms with Crippen molar-refractivity contribution in [3.05, 3.63) is 0 Å². The van der Waals surface area contributed by atoms with Crippen molar-refractivity contribution in [3.8, 4) is 0 Å². The number of nitrogens with zero attached hydrogens (tertiary/aromatic N) is 1. The van der Waals surface area contributed by atoms with E-state index in [2.05, 4.69) is 45.0 Å². The van der Waals surface area contributed by atoms with Crippen LogP contribution in [0, 0.1) is 5.92 Å². The lowest BCUT2D eigenvalue weighted by Gasteiger charge is -2.33. The van der Waals surface area contributed by atoms with Gasteiger partial charge in [0, 0.05) is 31.8 Å². The van der Waals surface area contributed by atoms with Crippen LogP contribution >= 0.6 is 0 Å². The summed E-state index contributed by atoms with van der Waals surface area (Å²) in [7, 11) is 2.22. The molecule has 1 aliphatic heterocycles. The minimum absolute atomic E-state index is 0.448. The molecule has 3 nitrogen and oxygen atoms in total. The summed E-state index contributed by atoms with van der Waals surface area (Å²) in [6.07, 6.45) is 4.01. The zero-order valence-corrected chi connectivity index (χ0v) is 12.9. The maximum Gasteiger partial charge on any atom is 0.0612 e. The molecule has 108 valence electrons. The molecule has 0 aromatic rings. The Morgan fingerprint density at radius 3 is 2.67 bits per heavy atom. The summed E-state index contributed by atoms with van der Waals surface area (Å²) < 4.78 is 5.80. The fourth-order valence-electron chi connectivity index (χ4n) is 2.46. The molecule has 3 heteroatoms. The fraction of sp³-hybridized carbons (Fsp3) is 1.00. The summed E-state index contributed by atoms with van der Waals surface area (Å²) in [6.45, 7) is 12.2. The number of hydrogen-bond acceptors (Lipinski definition) is 3. The second-order valence-electron chi connectivity index (χ2n) is 6.07. The molecule has 0 bridgehead atoms. The van der Waals surface area contributed by atoms with E-state index in [4.69, 9.17) is 4.74 Å². The summed E-state index contributed by atoms with van der Waals surface area (Å²) >= 11 is 0. The number of likely N-dealkylation sites (N-methyl/N-ethyl adjacent to an activating group) is 1. The molecular weight excluding hydrogens is 224 g/mol. The minimum Gasteiger partial charge on any atom is -0.378 e. The molecular formula is C15H32N2O. The van der Waals surface area contributed by atoms with Gasteiger partial charge in [-0.1, -0.05) is 20.8 Å². The van der Waals surface area contributed by atoms with Gasteiger partial charge < -0.3 is 15.0 Å². The van der Waals surface area contributed by atoms with E-state index in [1.807, 2.05) is 0 Å². The van der Waals surface area contributed by atoms with Gasteiger partial charge >= 0.3 is 0 Å². The van der Waals surface area contributed by atoms with Crippen molar-refractivity contribution in [2.75, 3.05) is 26.7 Å². The van der Waals surface area contributed by atoms with Gasteiger partial charge in [-0.05, 0) is 39.2 Å². The number of hydrogen-bond donors (Lipinski definition) is 1. The van der Waals surface area contributed by atoms with Gasteiger partial charge in [-0.3, -0.25) is 0 Å². The van der Waals surface area contributed by atoms with E-state index < -0.39 is 0 Å². The average Bonchev–Trinajstić information content (AvgIpc) is 2.38. The van der Waals surface area contributed by atoms with Crippen LogP contribution in [0.3, 0.4) is 0 Å². The predicted octanol–water partition coefficient (Wildman–Crippen LogP) is 2.51. The highest BCUT2D eigenvalue weighted by atomic mass is 16.5. The molecule has 0 saturated carbocycles. The first kappa shape index (κ1) is 15.9. The number of nitrogens with one attached hydrogen (secondary N) is 1. The molecule has 1 fully saturated rings. The molecule has 0 aliphatic carbocycles. The van der Waals surface area contributed by atoms with Crippen molar-refractivity contribution in [2.24, 2.45) is 5.92 Å². The van der Waals surface area contributed by atoms with Gasteiger partial charge in [-0.25, -0.2) is 0 Å². The molecule has 1 saturated heterocycles. The molecule has 0 amide bonds. The zero-order valence-electron chi connectivity index (χ0n) is 12.9. The van der Waals surface area contributed by atoms with Crippen molar-refractivity contribution in [1.29, 1.82) is 0 Å². The van der Waals surface area contributed by atoms with Crippen LogP contribution in [0.4, 0.5) is 0 Å². The molecule has 1 rings (SSSR count). The SMILES string of the molecule is CCC(C)N(C)CCNC1CCOC(C(C)C)C1. The van der Waals surface area contributed by atoms with Crippen LogP contribution in [0.15, 0.2) is 0 Å². The summed E-state index contributed by atoms with van der Waals surface area (Å²) in [5.74, 6) is 0.636. The maximum atomic E-state index is 5.80. The van der Waals surface area contributed by atoms with Gasteiger partial charge in [0.1, 0.15) is 0 Å². The Kier molecular flexibility index (Phi) is 7.20. The van der Waals surface area contributed by atoms with Crippen molar-refractivity contribution in [2.45, 2.75) is 65.1 Å². The monoisotopic (exact) mass is 256 g/mol. The van der Waals surface area contributed by atoms with E-state index in [1.54, 1.807) is 0 Å². The molecule has 0 aromatic heterocycles. The lowest BCUT2D eigenvalue weighted by Crippen LogP contribution is -2.44. The second-order valence-corrected chi connectivity index (χ2v) is 6.07. The van der Waals surface area contributed by atoms with Crippen molar-refractivity contribution >= 4 is 0 Å². The molecule has 0 spiro atoms. The van der Waals surface area contributed by atoms with Crippen LogP contribution in [0.5, 0.6) is 0 Å². The topological polar surface area (TPSA) is 24.5 Å². The quantitative estimate of drug-likeness (QED) is 0.757. The third-order valence-electron chi connectivity index (χ3n) is 4.30. The van der Waals surface area contributed by atoms with Gasteiger partial charge in [0.05, 0.1) is 6.10 Å². The average molecular weight is 256 g/mol. The molecule has 0 radical (unpaired) electrons. The molecule has 3 atom stereocenters. The van der Waals surface area contributed by atoms with Crippen LogP contribution in [-0.2, 0) is 4.74 Å². The minimum atomic E-state index is 0.448. The highest BCUT2D eigenvalue weighted by Gasteiger charge is 2.24. The van der Waals surface area contributed by atoms with Gasteiger partial charge in [0.2, 0.25) is 0 Å². The Labute approximate surface area is 113 Å². The van der Waals surface area contributed by atoms with Crippen LogP contribution in [-0.4, -0.2) is 49.8 Å². The van der Waals surface area contributed by atoms with Gasteiger partial charge in [0.15, 0.2) is 0 Å². The smallest absolute Gasteiger partial charge is 0.0612 e. The van der Waals surface area contributed by atoms with Gasteiger partial charge in [-0.15, -0.1) is 0 Å². The van der Waals surface area contributed by atoms with Crippen molar-refractivity contribution < 1.29 is 4.74 Å². The molecule has 1 aliphatic rings. The van der Waals surface area contributed by atoms with E-state index in [1.165, 1.54) is 12.8 Å². The highest BCUT2D eigenvalue weighted by molar-refractivity contribution is 4.79. The van der Waals surface area contributed by atoms with E-state index in [-0.39, 0.29) is 0 Å². The Hall–Kier alpha value is -0.120. The highest BCUT2D eigenvalue weighted by Crippen LogP contribution is 2.19. The van der Waals surface area contributed by atoms with Crippen LogP contribution in [0.1, 0.15) is 47.0 Å². The third-order valence-corrected chi connectivity index (χ3v) is 4.30. The molecule has 3 unspecified atom stereocenters. The first-order valence-electron chi connectivity index (χ1n) is 7.59. The number of ether oxygens (including phenoxy) is 1. The standard InChI is InChI=1S/C15H32N2O/c1-6-13(4)17(5)9-8-16-14-7-10-18-15(11-14)12(2)3/h12-16H,6-11H2,1-5H3. The Morgan fingerprint density at radius 1 is 1.33 bits per heavy atom. The maximum absolute atomic E-state index is 5.80. The predicted molar refractivity (Wildman–Crippen MR) is 78.0 cm³/mol. The Bertz CT molecular complexity index is 221. The normalized spacial score (nSPS) is 26.8. The van der Waals surface area contributed by atoms with Crippen molar-refractivity contribution in [3.63, 3.8) is 0 Å². The lowest BCUT2D eigenvalue weighted by atomic mass is 9.95. The third kappa shape index (κ3) is 5.25. The Balaban J connectivity index is 2.19. The molecule has 1 N–H and O–H groups in total. The summed E-state index contributed by atoms with van der Waals surface area (Å²) in [4.78, 5) is 2.44. The largest absolute Gasteiger partial charge is 0.378 e. The molecule has 0 aromatic carbocycles. The van der Waals surface area contributed by atoms with Crippen LogP contribution < -0.4 is 5.32 Å². The zero-order chi connectivity index (χ0) is 13.5. The van der Waals surface area contributed by atoms with Gasteiger partial charge in [0.25, 0.3) is 0 Å². The summed E-state index contributed by atoms with van der Waals surface area (Å²) in [5, 5.41) is 3.69.